The van der Waals surface area contributed by atoms with E-state index in [-0.39, 0.29) is 5.41 Å². The van der Waals surface area contributed by atoms with Crippen LogP contribution in [0, 0.1) is 5.41 Å². The molecule has 8 aliphatic heterocycles. The molecule has 0 radical (unpaired) electrons. The normalized spacial score (nSPS) is 41.4. The summed E-state index contributed by atoms with van der Waals surface area (Å²) in [6, 6.07) is 3.26. The van der Waals surface area contributed by atoms with E-state index in [1.807, 2.05) is 0 Å². The van der Waals surface area contributed by atoms with Gasteiger partial charge in [0.15, 0.2) is 0 Å². The number of hydrogen-bond acceptors (Lipinski definition) is 6. The van der Waals surface area contributed by atoms with Crippen molar-refractivity contribution in [3.8, 4) is 0 Å². The summed E-state index contributed by atoms with van der Waals surface area (Å²) in [5, 5.41) is 9.20. The van der Waals surface area contributed by atoms with Gasteiger partial charge in [-0.15, -0.1) is 0 Å². The number of carbonyl (C=O) groups is 1. The maximum atomic E-state index is 11.2. The summed E-state index contributed by atoms with van der Waals surface area (Å²) in [4.78, 5) is 18.4. The van der Waals surface area contributed by atoms with Crippen LogP contribution in [0.25, 0.3) is 0 Å². The van der Waals surface area contributed by atoms with Gasteiger partial charge in [0.1, 0.15) is 5.54 Å². The molecule has 190 valence electrons. The minimum atomic E-state index is -0.629. The number of hydrogen-bond donors (Lipinski definition) is 1. The fourth-order valence-corrected chi connectivity index (χ4v) is 7.21. The van der Waals surface area contributed by atoms with Crippen LogP contribution in [0.15, 0.2) is 0 Å². The lowest BCUT2D eigenvalue weighted by Crippen LogP contribution is -2.65. The maximum Gasteiger partial charge on any atom is 0.324 e. The first-order chi connectivity index (χ1) is 15.4. The van der Waals surface area contributed by atoms with Crippen molar-refractivity contribution in [1.82, 2.24) is 14.7 Å². The molecule has 1 N–H and O–H groups in total. The predicted octanol–water partition coefficient (Wildman–Crippen LogP) is 3.07. The fourth-order valence-electron chi connectivity index (χ4n) is 7.21. The van der Waals surface area contributed by atoms with E-state index in [2.05, 4.69) is 63.2 Å². The van der Waals surface area contributed by atoms with Crippen molar-refractivity contribution < 1.29 is 19.4 Å². The number of piperidine rings is 1. The van der Waals surface area contributed by atoms with E-state index in [0.717, 1.165) is 57.8 Å². The lowest BCUT2D eigenvalue weighted by molar-refractivity contribution is -0.185. The van der Waals surface area contributed by atoms with Crippen LogP contribution in [0.5, 0.6) is 0 Å². The first kappa shape index (κ1) is 25.4. The highest BCUT2D eigenvalue weighted by molar-refractivity contribution is 5.81. The number of carboxylic acid groups (broad SMARTS) is 1. The molecular weight excluding hydrogens is 418 g/mol. The summed E-state index contributed by atoms with van der Waals surface area (Å²) in [5.74, 6) is -0.629. The van der Waals surface area contributed by atoms with Crippen LogP contribution in [-0.2, 0) is 14.3 Å². The van der Waals surface area contributed by atoms with E-state index < -0.39 is 11.5 Å². The van der Waals surface area contributed by atoms with E-state index in [1.165, 1.54) is 12.8 Å². The number of nitrogens with zero attached hydrogens (tertiary/aromatic N) is 3. The molecule has 0 aromatic carbocycles. The highest BCUT2D eigenvalue weighted by Gasteiger charge is 2.67. The van der Waals surface area contributed by atoms with Crippen LogP contribution in [-0.4, -0.2) is 107 Å². The monoisotopic (exact) mass is 465 g/mol. The Bertz CT molecular complexity index is 676. The summed E-state index contributed by atoms with van der Waals surface area (Å²) < 4.78 is 10.9. The summed E-state index contributed by atoms with van der Waals surface area (Å²) in [6.07, 6.45) is 5.50. The van der Waals surface area contributed by atoms with Crippen molar-refractivity contribution in [3.05, 3.63) is 0 Å². The molecule has 33 heavy (non-hydrogen) atoms. The zero-order chi connectivity index (χ0) is 24.1. The summed E-state index contributed by atoms with van der Waals surface area (Å²) in [5.41, 5.74) is -0.231. The molecule has 4 atom stereocenters. The largest absolute Gasteiger partial charge is 0.480 e. The summed E-state index contributed by atoms with van der Waals surface area (Å²) >= 11 is 0. The van der Waals surface area contributed by atoms with Crippen LogP contribution in [0.2, 0.25) is 0 Å². The molecule has 0 aromatic heterocycles. The Morgan fingerprint density at radius 3 is 1.76 bits per heavy atom. The lowest BCUT2D eigenvalue weighted by atomic mass is 9.63. The molecule has 7 nitrogen and oxygen atoms in total. The van der Waals surface area contributed by atoms with Crippen LogP contribution >= 0.6 is 0 Å². The highest BCUT2D eigenvalue weighted by Crippen LogP contribution is 2.59. The third kappa shape index (κ3) is 4.86. The van der Waals surface area contributed by atoms with E-state index >= 15 is 0 Å². The Balaban J connectivity index is 0.000000119. The first-order valence-electron chi connectivity index (χ1n) is 13.2. The van der Waals surface area contributed by atoms with E-state index in [0.29, 0.717) is 30.3 Å². The second kappa shape index (κ2) is 9.38. The van der Waals surface area contributed by atoms with Gasteiger partial charge in [0.2, 0.25) is 0 Å². The van der Waals surface area contributed by atoms with Gasteiger partial charge >= 0.3 is 5.97 Å². The molecule has 9 fully saturated rings. The van der Waals surface area contributed by atoms with Gasteiger partial charge in [0, 0.05) is 56.3 Å². The van der Waals surface area contributed by atoms with Gasteiger partial charge < -0.3 is 14.6 Å². The third-order valence-corrected chi connectivity index (χ3v) is 8.68. The van der Waals surface area contributed by atoms with Crippen molar-refractivity contribution >= 4 is 5.97 Å². The molecule has 9 rings (SSSR count). The number of aliphatic carboxylic acids is 1. The number of fused-ring (bicyclic) bond motifs is 5. The molecule has 1 aliphatic carbocycles. The van der Waals surface area contributed by atoms with Crippen molar-refractivity contribution in [2.24, 2.45) is 5.41 Å². The SMILES string of the molecule is CC(C)N1C2COCC1C2.CC(C)N1CC2(C)CC1(C(=O)O)C2.CC(C)N1CC2CC(C1)O2. The second-order valence-electron chi connectivity index (χ2n) is 12.5. The van der Waals surface area contributed by atoms with Gasteiger partial charge in [-0.3, -0.25) is 19.5 Å². The molecular formula is C26H47N3O4. The number of rotatable bonds is 4. The van der Waals surface area contributed by atoms with E-state index in [4.69, 9.17) is 9.47 Å². The number of ether oxygens (including phenoxy) is 2. The fraction of sp³-hybridized carbons (Fsp3) is 0.962. The standard InChI is InChI=1S/C10H17NO2.2C8H15NO/c1-7(2)11-6-9(3)4-10(11,5-9)8(12)13;1-6(2)9-7-3-8(9)5-10-4-7;1-6(2)9-4-7-3-8(5-9)10-7/h7H,4-6H2,1-3H3,(H,12,13);2*6-8H,3-5H2,1-2H3. The molecule has 4 unspecified atom stereocenters. The average molecular weight is 466 g/mol. The Hall–Kier alpha value is -0.730. The van der Waals surface area contributed by atoms with Gasteiger partial charge in [0.05, 0.1) is 25.4 Å². The number of morpholine rings is 2. The van der Waals surface area contributed by atoms with Gasteiger partial charge in [0.25, 0.3) is 0 Å². The summed E-state index contributed by atoms with van der Waals surface area (Å²) in [6.45, 7) is 20.6. The van der Waals surface area contributed by atoms with E-state index in [9.17, 15) is 9.90 Å². The van der Waals surface area contributed by atoms with Gasteiger partial charge in [-0.05, 0) is 66.2 Å². The zero-order valence-corrected chi connectivity index (χ0v) is 21.9. The van der Waals surface area contributed by atoms with Crippen LogP contribution in [0.3, 0.4) is 0 Å². The third-order valence-electron chi connectivity index (χ3n) is 8.68. The number of carboxylic acids is 1. The van der Waals surface area contributed by atoms with Crippen LogP contribution < -0.4 is 0 Å². The molecule has 6 bridgehead atoms. The Morgan fingerprint density at radius 1 is 0.909 bits per heavy atom. The topological polar surface area (TPSA) is 65.5 Å². The minimum absolute atomic E-state index is 0.280. The molecule has 0 spiro atoms. The molecule has 0 amide bonds. The van der Waals surface area contributed by atoms with E-state index in [1.54, 1.807) is 0 Å². The molecule has 9 aliphatic rings. The Labute approximate surface area is 200 Å². The van der Waals surface area contributed by atoms with Crippen molar-refractivity contribution in [2.75, 3.05) is 32.8 Å². The highest BCUT2D eigenvalue weighted by atomic mass is 16.5. The maximum absolute atomic E-state index is 11.2. The van der Waals surface area contributed by atoms with Crippen LogP contribution in [0.1, 0.15) is 74.1 Å². The Kier molecular flexibility index (Phi) is 7.21. The van der Waals surface area contributed by atoms with Crippen LogP contribution in [0.4, 0.5) is 0 Å². The zero-order valence-electron chi connectivity index (χ0n) is 21.9. The van der Waals surface area contributed by atoms with Crippen molar-refractivity contribution in [1.29, 1.82) is 0 Å². The molecule has 8 heterocycles. The van der Waals surface area contributed by atoms with Gasteiger partial charge in [-0.2, -0.15) is 0 Å². The van der Waals surface area contributed by atoms with Crippen molar-refractivity contribution in [2.45, 2.75) is 122 Å². The molecule has 0 aromatic rings. The average Bonchev–Trinajstić information content (AvgIpc) is 3.19. The quantitative estimate of drug-likeness (QED) is 0.684. The van der Waals surface area contributed by atoms with Gasteiger partial charge in [-0.1, -0.05) is 6.92 Å². The molecule has 8 saturated heterocycles. The smallest absolute Gasteiger partial charge is 0.324 e. The molecule has 1 saturated carbocycles. The molecule has 7 heteroatoms. The summed E-state index contributed by atoms with van der Waals surface area (Å²) in [7, 11) is 0. The minimum Gasteiger partial charge on any atom is -0.480 e. The van der Waals surface area contributed by atoms with Crippen molar-refractivity contribution in [3.63, 3.8) is 0 Å². The Morgan fingerprint density at radius 2 is 1.45 bits per heavy atom. The van der Waals surface area contributed by atoms with Gasteiger partial charge in [-0.25, -0.2) is 0 Å². The second-order valence-corrected chi connectivity index (χ2v) is 12.5. The lowest BCUT2D eigenvalue weighted by Gasteiger charge is -2.54. The first-order valence-corrected chi connectivity index (χ1v) is 13.2. The predicted molar refractivity (Wildman–Crippen MR) is 130 cm³/mol.